The van der Waals surface area contributed by atoms with Crippen molar-refractivity contribution < 1.29 is 17.6 Å². The van der Waals surface area contributed by atoms with Gasteiger partial charge in [0.2, 0.25) is 5.43 Å². The number of hydrogen-bond acceptors (Lipinski definition) is 5. The first-order valence-electron chi connectivity index (χ1n) is 9.11. The lowest BCUT2D eigenvalue weighted by molar-refractivity contribution is -0.114. The molecule has 2 aromatic carbocycles. The highest BCUT2D eigenvalue weighted by Crippen LogP contribution is 2.35. The van der Waals surface area contributed by atoms with E-state index in [1.165, 1.54) is 12.1 Å². The Hall–Kier alpha value is -3.39. The Labute approximate surface area is 166 Å². The van der Waals surface area contributed by atoms with Gasteiger partial charge in [-0.2, -0.15) is 0 Å². The standard InChI is InChI=1S/C21H16N2O5S/c22-21(25)16-9-14-4-1-2-7-19(14)29(26,27)23(16)17-11-28-18-10-13-6-3-5-12(13)8-15(18)20(17)24/h1-2,4,7-11H,3,5-6H2,(H2,22,25). The molecular weight excluding hydrogens is 392 g/mol. The predicted octanol–water partition coefficient (Wildman–Crippen LogP) is 2.32. The van der Waals surface area contributed by atoms with Gasteiger partial charge in [0.1, 0.15) is 23.2 Å². The number of carbonyl (C=O) groups is 1. The van der Waals surface area contributed by atoms with Crippen molar-refractivity contribution in [3.05, 3.63) is 75.3 Å². The number of rotatable bonds is 2. The summed E-state index contributed by atoms with van der Waals surface area (Å²) in [5.41, 5.74) is 7.26. The molecule has 1 aromatic heterocycles. The number of amides is 1. The molecule has 0 atom stereocenters. The van der Waals surface area contributed by atoms with E-state index in [-0.39, 0.29) is 21.7 Å². The zero-order valence-electron chi connectivity index (χ0n) is 15.2. The van der Waals surface area contributed by atoms with Crippen molar-refractivity contribution in [2.24, 2.45) is 5.73 Å². The van der Waals surface area contributed by atoms with Gasteiger partial charge in [0.05, 0.1) is 10.3 Å². The highest BCUT2D eigenvalue weighted by Gasteiger charge is 2.38. The minimum absolute atomic E-state index is 0.0153. The summed E-state index contributed by atoms with van der Waals surface area (Å²) >= 11 is 0. The van der Waals surface area contributed by atoms with E-state index in [2.05, 4.69) is 0 Å². The average Bonchev–Trinajstić information content (AvgIpc) is 3.15. The summed E-state index contributed by atoms with van der Waals surface area (Å²) in [5.74, 6) is -0.962. The third-order valence-electron chi connectivity index (χ3n) is 5.39. The van der Waals surface area contributed by atoms with E-state index in [1.54, 1.807) is 24.3 Å². The van der Waals surface area contributed by atoms with Crippen LogP contribution < -0.4 is 15.5 Å². The Bertz CT molecular complexity index is 1400. The molecule has 0 saturated carbocycles. The second kappa shape index (κ2) is 6.05. The number of carbonyl (C=O) groups excluding carboxylic acids is 1. The fourth-order valence-corrected chi connectivity index (χ4v) is 5.68. The molecule has 0 saturated heterocycles. The number of benzene rings is 2. The quantitative estimate of drug-likeness (QED) is 0.700. The normalized spacial score (nSPS) is 17.0. The largest absolute Gasteiger partial charge is 0.462 e. The van der Waals surface area contributed by atoms with Gasteiger partial charge < -0.3 is 10.2 Å². The van der Waals surface area contributed by atoms with Gasteiger partial charge in [-0.25, -0.2) is 12.7 Å². The summed E-state index contributed by atoms with van der Waals surface area (Å²) in [4.78, 5) is 25.3. The molecule has 0 unspecified atom stereocenters. The summed E-state index contributed by atoms with van der Waals surface area (Å²) in [7, 11) is -4.23. The molecule has 1 aliphatic carbocycles. The van der Waals surface area contributed by atoms with Crippen LogP contribution in [0.4, 0.5) is 5.69 Å². The number of sulfonamides is 1. The Morgan fingerprint density at radius 1 is 1.10 bits per heavy atom. The van der Waals surface area contributed by atoms with Gasteiger partial charge in [-0.1, -0.05) is 18.2 Å². The number of anilines is 1. The van der Waals surface area contributed by atoms with E-state index in [0.717, 1.165) is 36.7 Å². The van der Waals surface area contributed by atoms with Crippen molar-refractivity contribution in [3.8, 4) is 0 Å². The van der Waals surface area contributed by atoms with Crippen LogP contribution in [0.2, 0.25) is 0 Å². The van der Waals surface area contributed by atoms with Gasteiger partial charge in [0, 0.05) is 0 Å². The first kappa shape index (κ1) is 17.7. The van der Waals surface area contributed by atoms with Crippen molar-refractivity contribution in [2.45, 2.75) is 24.2 Å². The maximum Gasteiger partial charge on any atom is 0.269 e. The SMILES string of the molecule is NC(=O)C1=Cc2ccccc2S(=O)(=O)N1c1coc2cc3c(cc2c1=O)CCC3. The molecule has 2 aliphatic rings. The van der Waals surface area contributed by atoms with E-state index in [1.807, 2.05) is 6.07 Å². The van der Waals surface area contributed by atoms with Crippen LogP contribution in [0.1, 0.15) is 23.1 Å². The van der Waals surface area contributed by atoms with E-state index in [9.17, 15) is 18.0 Å². The predicted molar refractivity (Wildman–Crippen MR) is 108 cm³/mol. The Morgan fingerprint density at radius 3 is 2.59 bits per heavy atom. The molecule has 3 aromatic rings. The van der Waals surface area contributed by atoms with E-state index in [0.29, 0.717) is 15.5 Å². The van der Waals surface area contributed by atoms with E-state index < -0.39 is 21.4 Å². The van der Waals surface area contributed by atoms with Crippen LogP contribution in [0.25, 0.3) is 17.0 Å². The zero-order valence-corrected chi connectivity index (χ0v) is 16.0. The minimum Gasteiger partial charge on any atom is -0.462 e. The smallest absolute Gasteiger partial charge is 0.269 e. The third kappa shape index (κ3) is 2.52. The summed E-state index contributed by atoms with van der Waals surface area (Å²) < 4.78 is 32.9. The molecule has 29 heavy (non-hydrogen) atoms. The summed E-state index contributed by atoms with van der Waals surface area (Å²) in [5, 5.41) is 0.279. The molecule has 0 fully saturated rings. The first-order chi connectivity index (χ1) is 13.9. The Balaban J connectivity index is 1.79. The lowest BCUT2D eigenvalue weighted by Gasteiger charge is -2.28. The highest BCUT2D eigenvalue weighted by atomic mass is 32.2. The van der Waals surface area contributed by atoms with Crippen molar-refractivity contribution in [2.75, 3.05) is 4.31 Å². The van der Waals surface area contributed by atoms with Gasteiger partial charge in [-0.05, 0) is 60.2 Å². The number of fused-ring (bicyclic) bond motifs is 3. The van der Waals surface area contributed by atoms with Gasteiger partial charge >= 0.3 is 0 Å². The second-order valence-corrected chi connectivity index (χ2v) is 8.88. The Kier molecular flexibility index (Phi) is 3.69. The highest BCUT2D eigenvalue weighted by molar-refractivity contribution is 7.93. The minimum atomic E-state index is -4.23. The van der Waals surface area contributed by atoms with Crippen LogP contribution in [0.3, 0.4) is 0 Å². The van der Waals surface area contributed by atoms with Crippen LogP contribution in [0.15, 0.2) is 62.5 Å². The fraction of sp³-hybridized carbons (Fsp3) is 0.143. The molecule has 0 bridgehead atoms. The molecule has 1 amide bonds. The molecule has 7 nitrogen and oxygen atoms in total. The molecule has 2 N–H and O–H groups in total. The lowest BCUT2D eigenvalue weighted by atomic mass is 10.1. The Morgan fingerprint density at radius 2 is 1.83 bits per heavy atom. The molecule has 8 heteroatoms. The molecular formula is C21H16N2O5S. The van der Waals surface area contributed by atoms with E-state index in [4.69, 9.17) is 10.2 Å². The van der Waals surface area contributed by atoms with Crippen molar-refractivity contribution in [1.29, 1.82) is 0 Å². The van der Waals surface area contributed by atoms with Gasteiger partial charge in [-0.15, -0.1) is 0 Å². The topological polar surface area (TPSA) is 111 Å². The monoisotopic (exact) mass is 408 g/mol. The number of primary amides is 1. The van der Waals surface area contributed by atoms with Gasteiger partial charge in [0.15, 0.2) is 0 Å². The zero-order chi connectivity index (χ0) is 20.3. The number of hydrogen-bond donors (Lipinski definition) is 1. The van der Waals surface area contributed by atoms with Crippen LogP contribution in [0, 0.1) is 0 Å². The number of nitrogens with zero attached hydrogens (tertiary/aromatic N) is 1. The first-order valence-corrected chi connectivity index (χ1v) is 10.5. The van der Waals surface area contributed by atoms with Crippen LogP contribution in [-0.4, -0.2) is 14.3 Å². The van der Waals surface area contributed by atoms with Gasteiger partial charge in [-0.3, -0.25) is 9.59 Å². The summed E-state index contributed by atoms with van der Waals surface area (Å²) in [6.07, 6.45) is 5.22. The number of aryl methyl sites for hydroxylation is 2. The van der Waals surface area contributed by atoms with Crippen molar-refractivity contribution >= 4 is 38.7 Å². The molecule has 0 spiro atoms. The van der Waals surface area contributed by atoms with Crippen molar-refractivity contribution in [1.82, 2.24) is 0 Å². The summed E-state index contributed by atoms with van der Waals surface area (Å²) in [6, 6.07) is 9.80. The molecule has 2 heterocycles. The average molecular weight is 408 g/mol. The molecule has 1 aliphatic heterocycles. The maximum absolute atomic E-state index is 13.3. The lowest BCUT2D eigenvalue weighted by Crippen LogP contribution is -2.41. The van der Waals surface area contributed by atoms with Gasteiger partial charge in [0.25, 0.3) is 15.9 Å². The number of nitrogens with two attached hydrogens (primary N) is 1. The summed E-state index contributed by atoms with van der Waals surface area (Å²) in [6.45, 7) is 0. The van der Waals surface area contributed by atoms with Crippen molar-refractivity contribution in [3.63, 3.8) is 0 Å². The third-order valence-corrected chi connectivity index (χ3v) is 7.19. The fourth-order valence-electron chi connectivity index (χ4n) is 4.03. The van der Waals surface area contributed by atoms with Crippen LogP contribution in [-0.2, 0) is 27.7 Å². The molecule has 146 valence electrons. The molecule has 0 radical (unpaired) electrons. The molecule has 5 rings (SSSR count). The van der Waals surface area contributed by atoms with Crippen LogP contribution >= 0.6 is 0 Å². The van der Waals surface area contributed by atoms with E-state index >= 15 is 0 Å². The second-order valence-electron chi connectivity index (χ2n) is 7.12. The maximum atomic E-state index is 13.3. The van der Waals surface area contributed by atoms with Crippen LogP contribution in [0.5, 0.6) is 0 Å².